The molecule has 0 unspecified atom stereocenters. The van der Waals surface area contributed by atoms with Gasteiger partial charge in [-0.2, -0.15) is 26.3 Å². The molecule has 7 nitrogen and oxygen atoms in total. The quantitative estimate of drug-likeness (QED) is 0.149. The number of nitrogens with zero attached hydrogens (tertiary/aromatic N) is 7. The van der Waals surface area contributed by atoms with E-state index in [1.165, 1.54) is 16.7 Å². The van der Waals surface area contributed by atoms with E-state index < -0.39 is 23.5 Å². The molecule has 0 spiro atoms. The summed E-state index contributed by atoms with van der Waals surface area (Å²) in [4.78, 5) is 29.4. The molecule has 0 aliphatic heterocycles. The van der Waals surface area contributed by atoms with Crippen LogP contribution in [0.5, 0.6) is 0 Å². The summed E-state index contributed by atoms with van der Waals surface area (Å²) in [6.07, 6.45) is -9.51. The zero-order valence-corrected chi connectivity index (χ0v) is 32.6. The molecule has 0 saturated heterocycles. The minimum absolute atomic E-state index is 0.0201. The van der Waals surface area contributed by atoms with Crippen molar-refractivity contribution in [2.45, 2.75) is 12.4 Å². The highest BCUT2D eigenvalue weighted by molar-refractivity contribution is 6.10. The molecule has 10 rings (SSSR count). The first kappa shape index (κ1) is 39.1. The van der Waals surface area contributed by atoms with E-state index in [4.69, 9.17) is 29.9 Å². The number of halogens is 6. The minimum Gasteiger partial charge on any atom is -0.308 e. The van der Waals surface area contributed by atoms with Gasteiger partial charge in [0, 0.05) is 44.2 Å². The molecule has 306 valence electrons. The predicted molar refractivity (Wildman–Crippen MR) is 230 cm³/mol. The van der Waals surface area contributed by atoms with Crippen molar-refractivity contribution in [2.24, 2.45) is 0 Å². The van der Waals surface area contributed by atoms with Gasteiger partial charge in [0.05, 0.1) is 27.8 Å². The molecule has 3 aromatic heterocycles. The van der Waals surface area contributed by atoms with Crippen molar-refractivity contribution in [3.63, 3.8) is 0 Å². The van der Waals surface area contributed by atoms with Gasteiger partial charge in [-0.1, -0.05) is 133 Å². The Labute approximate surface area is 355 Å². The third-order valence-corrected chi connectivity index (χ3v) is 10.6. The number of rotatable bonds is 7. The third kappa shape index (κ3) is 7.54. The van der Waals surface area contributed by atoms with Crippen molar-refractivity contribution in [1.82, 2.24) is 34.5 Å². The Morgan fingerprint density at radius 3 is 1.00 bits per heavy atom. The van der Waals surface area contributed by atoms with Crippen LogP contribution >= 0.6 is 0 Å². The van der Waals surface area contributed by atoms with E-state index in [1.54, 1.807) is 18.2 Å². The van der Waals surface area contributed by atoms with Gasteiger partial charge < -0.3 is 4.57 Å². The summed E-state index contributed by atoms with van der Waals surface area (Å²) in [5.74, 6) is 1.67. The highest BCUT2D eigenvalue weighted by Gasteiger charge is 2.34. The topological polar surface area (TPSA) is 82.3 Å². The lowest BCUT2D eigenvalue weighted by Gasteiger charge is -2.17. The number of hydrogen-bond donors (Lipinski definition) is 0. The molecule has 0 aliphatic rings. The van der Waals surface area contributed by atoms with Gasteiger partial charge in [0.1, 0.15) is 0 Å². The van der Waals surface area contributed by atoms with E-state index in [0.717, 1.165) is 35.4 Å². The van der Waals surface area contributed by atoms with Gasteiger partial charge in [0.25, 0.3) is 0 Å². The fraction of sp³-hybridized carbons (Fsp3) is 0.0400. The zero-order chi connectivity index (χ0) is 43.3. The molecule has 0 saturated carbocycles. The van der Waals surface area contributed by atoms with Crippen LogP contribution in [0, 0.1) is 0 Å². The average Bonchev–Trinajstić information content (AvgIpc) is 3.64. The van der Waals surface area contributed by atoms with E-state index in [0.29, 0.717) is 39.1 Å². The summed E-state index contributed by atoms with van der Waals surface area (Å²) in [7, 11) is 0. The van der Waals surface area contributed by atoms with E-state index in [-0.39, 0.29) is 45.6 Å². The molecule has 0 N–H and O–H groups in total. The minimum atomic E-state index is -4.76. The molecule has 63 heavy (non-hydrogen) atoms. The van der Waals surface area contributed by atoms with Crippen LogP contribution in [0.4, 0.5) is 26.3 Å². The molecule has 0 fully saturated rings. The Morgan fingerprint density at radius 1 is 0.317 bits per heavy atom. The Kier molecular flexibility index (Phi) is 9.58. The van der Waals surface area contributed by atoms with Crippen LogP contribution < -0.4 is 0 Å². The van der Waals surface area contributed by atoms with Crippen molar-refractivity contribution in [1.29, 1.82) is 0 Å². The van der Waals surface area contributed by atoms with Gasteiger partial charge in [-0.15, -0.1) is 0 Å². The summed E-state index contributed by atoms with van der Waals surface area (Å²) < 4.78 is 88.0. The average molecular weight is 842 g/mol. The fourth-order valence-corrected chi connectivity index (χ4v) is 7.55. The smallest absolute Gasteiger partial charge is 0.308 e. The van der Waals surface area contributed by atoms with Crippen LogP contribution in [0.15, 0.2) is 176 Å². The molecule has 0 radical (unpaired) electrons. The normalized spacial score (nSPS) is 12.0. The van der Waals surface area contributed by atoms with E-state index in [2.05, 4.69) is 0 Å². The molecule has 3 heterocycles. The number of fused-ring (bicyclic) bond motifs is 3. The number of alkyl halides is 6. The van der Waals surface area contributed by atoms with Crippen LogP contribution in [-0.2, 0) is 12.4 Å². The largest absolute Gasteiger partial charge is 0.416 e. The van der Waals surface area contributed by atoms with Gasteiger partial charge in [0.2, 0.25) is 0 Å². The molecular formula is C50H29F6N7. The molecule has 7 aromatic carbocycles. The molecule has 0 amide bonds. The summed E-state index contributed by atoms with van der Waals surface area (Å²) in [6, 6.07) is 48.3. The van der Waals surface area contributed by atoms with Crippen molar-refractivity contribution in [2.75, 3.05) is 0 Å². The van der Waals surface area contributed by atoms with Crippen molar-refractivity contribution >= 4 is 21.8 Å². The van der Waals surface area contributed by atoms with Crippen molar-refractivity contribution < 1.29 is 26.3 Å². The standard InChI is InChI=1S/C50H29F6N7/c51-49(52,53)35-22-24-37-38-25-23-36(50(54,55)56)29-42(38)63(41(37)28-35)40-26-21-34(47-59-43(30-13-5-1-6-14-30)57-44(60-47)31-15-7-2-8-16-31)27-39(40)48-61-45(32-17-9-3-10-18-32)58-46(62-48)33-19-11-4-12-20-33/h1-29H. The van der Waals surface area contributed by atoms with Gasteiger partial charge in [0.15, 0.2) is 34.9 Å². The van der Waals surface area contributed by atoms with Crippen LogP contribution in [0.2, 0.25) is 0 Å². The molecular weight excluding hydrogens is 813 g/mol. The Balaban J connectivity index is 1.31. The highest BCUT2D eigenvalue weighted by Crippen LogP contribution is 2.42. The molecule has 0 atom stereocenters. The Bertz CT molecular complexity index is 3110. The molecule has 10 aromatic rings. The summed E-state index contributed by atoms with van der Waals surface area (Å²) in [6.45, 7) is 0. The second kappa shape index (κ2) is 15.4. The SMILES string of the molecule is FC(F)(F)c1ccc2c3ccc(C(F)(F)F)cc3n(-c3ccc(-c4nc(-c5ccccc5)nc(-c5ccccc5)n4)cc3-c3nc(-c4ccccc4)nc(-c4ccccc4)n3)c2c1. The second-order valence-electron chi connectivity index (χ2n) is 14.6. The fourth-order valence-electron chi connectivity index (χ4n) is 7.55. The van der Waals surface area contributed by atoms with Crippen molar-refractivity contribution in [3.05, 3.63) is 187 Å². The predicted octanol–water partition coefficient (Wildman–Crippen LogP) is 13.2. The van der Waals surface area contributed by atoms with Crippen molar-refractivity contribution in [3.8, 4) is 74.0 Å². The highest BCUT2D eigenvalue weighted by atomic mass is 19.4. The molecule has 13 heteroatoms. The maximum Gasteiger partial charge on any atom is 0.416 e. The lowest BCUT2D eigenvalue weighted by Crippen LogP contribution is -2.07. The summed E-state index contributed by atoms with van der Waals surface area (Å²) in [5, 5.41) is 0.620. The zero-order valence-electron chi connectivity index (χ0n) is 32.6. The van der Waals surface area contributed by atoms with E-state index in [1.807, 2.05) is 121 Å². The monoisotopic (exact) mass is 841 g/mol. The van der Waals surface area contributed by atoms with Crippen LogP contribution in [0.25, 0.3) is 95.8 Å². The molecule has 0 bridgehead atoms. The van der Waals surface area contributed by atoms with Gasteiger partial charge in [-0.3, -0.25) is 0 Å². The first-order chi connectivity index (χ1) is 30.5. The van der Waals surface area contributed by atoms with E-state index >= 15 is 0 Å². The lowest BCUT2D eigenvalue weighted by molar-refractivity contribution is -0.138. The second-order valence-corrected chi connectivity index (χ2v) is 14.6. The van der Waals surface area contributed by atoms with Crippen LogP contribution in [-0.4, -0.2) is 34.5 Å². The Morgan fingerprint density at radius 2 is 0.651 bits per heavy atom. The third-order valence-electron chi connectivity index (χ3n) is 10.6. The van der Waals surface area contributed by atoms with E-state index in [9.17, 15) is 26.3 Å². The maximum atomic E-state index is 14.4. The van der Waals surface area contributed by atoms with Gasteiger partial charge in [-0.25, -0.2) is 29.9 Å². The van der Waals surface area contributed by atoms with Gasteiger partial charge >= 0.3 is 12.4 Å². The molecule has 0 aliphatic carbocycles. The van der Waals surface area contributed by atoms with Crippen LogP contribution in [0.1, 0.15) is 11.1 Å². The number of benzene rings is 7. The first-order valence-electron chi connectivity index (χ1n) is 19.6. The van der Waals surface area contributed by atoms with Gasteiger partial charge in [-0.05, 0) is 42.5 Å². The lowest BCUT2D eigenvalue weighted by atomic mass is 10.0. The maximum absolute atomic E-state index is 14.4. The van der Waals surface area contributed by atoms with Crippen LogP contribution in [0.3, 0.4) is 0 Å². The number of aromatic nitrogens is 7. The number of hydrogen-bond acceptors (Lipinski definition) is 6. The Hall–Kier alpha value is -8.06. The first-order valence-corrected chi connectivity index (χ1v) is 19.6. The summed E-state index contributed by atoms with van der Waals surface area (Å²) in [5.41, 5.74) is 1.72. The summed E-state index contributed by atoms with van der Waals surface area (Å²) >= 11 is 0.